The van der Waals surface area contributed by atoms with E-state index in [0.717, 1.165) is 10.7 Å². The Balaban J connectivity index is 2.13. The number of carboxylic acid groups (broad SMARTS) is 1. The van der Waals surface area contributed by atoms with E-state index in [9.17, 15) is 4.79 Å². The first-order valence-electron chi connectivity index (χ1n) is 5.71. The van der Waals surface area contributed by atoms with Gasteiger partial charge in [0.1, 0.15) is 0 Å². The number of hydrogen-bond donors (Lipinski definition) is 2. The smallest absolute Gasteiger partial charge is 0.337 e. The first kappa shape index (κ1) is 11.9. The zero-order chi connectivity index (χ0) is 13.6. The van der Waals surface area contributed by atoms with E-state index < -0.39 is 5.97 Å². The number of hydrogen-bond acceptors (Lipinski definition) is 4. The SMILES string of the molecule is Cc1cc(-c2nc3ncc(C(=O)O)cc3[nH]2)sc1C. The van der Waals surface area contributed by atoms with Gasteiger partial charge in [0.25, 0.3) is 0 Å². The van der Waals surface area contributed by atoms with Gasteiger partial charge < -0.3 is 10.1 Å². The van der Waals surface area contributed by atoms with E-state index >= 15 is 0 Å². The second-order valence-electron chi connectivity index (χ2n) is 4.34. The van der Waals surface area contributed by atoms with Crippen LogP contribution < -0.4 is 0 Å². The zero-order valence-electron chi connectivity index (χ0n) is 10.4. The lowest BCUT2D eigenvalue weighted by molar-refractivity contribution is 0.0696. The van der Waals surface area contributed by atoms with Gasteiger partial charge in [-0.25, -0.2) is 14.8 Å². The number of fused-ring (bicyclic) bond motifs is 1. The third kappa shape index (κ3) is 2.00. The molecule has 3 aromatic heterocycles. The van der Waals surface area contributed by atoms with Gasteiger partial charge in [0.15, 0.2) is 11.5 Å². The lowest BCUT2D eigenvalue weighted by Gasteiger charge is -1.91. The van der Waals surface area contributed by atoms with Crippen molar-refractivity contribution in [3.63, 3.8) is 0 Å². The molecule has 0 aliphatic carbocycles. The van der Waals surface area contributed by atoms with Crippen molar-refractivity contribution in [1.82, 2.24) is 15.0 Å². The normalized spacial score (nSPS) is 11.1. The number of thiophene rings is 1. The molecule has 0 atom stereocenters. The number of imidazole rings is 1. The van der Waals surface area contributed by atoms with Crippen LogP contribution in [0.3, 0.4) is 0 Å². The predicted molar refractivity (Wildman–Crippen MR) is 73.6 cm³/mol. The maximum atomic E-state index is 10.9. The second-order valence-corrected chi connectivity index (χ2v) is 5.59. The highest BCUT2D eigenvalue weighted by atomic mass is 32.1. The molecule has 0 saturated carbocycles. The summed E-state index contributed by atoms with van der Waals surface area (Å²) in [7, 11) is 0. The number of aromatic amines is 1. The van der Waals surface area contributed by atoms with Crippen LogP contribution in [0.5, 0.6) is 0 Å². The fourth-order valence-corrected chi connectivity index (χ4v) is 2.80. The maximum Gasteiger partial charge on any atom is 0.337 e. The summed E-state index contributed by atoms with van der Waals surface area (Å²) >= 11 is 1.66. The molecule has 96 valence electrons. The molecule has 6 heteroatoms. The molecule has 0 bridgehead atoms. The van der Waals surface area contributed by atoms with Gasteiger partial charge in [-0.2, -0.15) is 0 Å². The van der Waals surface area contributed by atoms with Gasteiger partial charge in [0, 0.05) is 11.1 Å². The third-order valence-electron chi connectivity index (χ3n) is 2.98. The number of rotatable bonds is 2. The molecule has 0 amide bonds. The van der Waals surface area contributed by atoms with Crippen LogP contribution in [0.2, 0.25) is 0 Å². The number of carboxylic acids is 1. The van der Waals surface area contributed by atoms with Gasteiger partial charge in [-0.3, -0.25) is 0 Å². The van der Waals surface area contributed by atoms with Crippen molar-refractivity contribution in [2.75, 3.05) is 0 Å². The molecule has 0 unspecified atom stereocenters. The van der Waals surface area contributed by atoms with Crippen molar-refractivity contribution in [3.05, 3.63) is 34.3 Å². The number of nitrogens with zero attached hydrogens (tertiary/aromatic N) is 2. The number of aromatic nitrogens is 3. The molecule has 0 aliphatic rings. The third-order valence-corrected chi connectivity index (χ3v) is 4.14. The van der Waals surface area contributed by atoms with Crippen LogP contribution in [0.4, 0.5) is 0 Å². The van der Waals surface area contributed by atoms with Crippen LogP contribution in [-0.2, 0) is 0 Å². The predicted octanol–water partition coefficient (Wildman–Crippen LogP) is 3.00. The second kappa shape index (κ2) is 4.17. The highest BCUT2D eigenvalue weighted by Crippen LogP contribution is 2.29. The first-order chi connectivity index (χ1) is 9.04. The Bertz CT molecular complexity index is 769. The Labute approximate surface area is 113 Å². The fourth-order valence-electron chi connectivity index (χ4n) is 1.82. The molecule has 0 aromatic carbocycles. The largest absolute Gasteiger partial charge is 0.478 e. The minimum Gasteiger partial charge on any atom is -0.478 e. The average Bonchev–Trinajstić information content (AvgIpc) is 2.92. The summed E-state index contributed by atoms with van der Waals surface area (Å²) in [5, 5.41) is 8.94. The molecule has 3 rings (SSSR count). The van der Waals surface area contributed by atoms with Crippen LogP contribution in [0, 0.1) is 13.8 Å². The molecular weight excluding hydrogens is 262 g/mol. The Morgan fingerprint density at radius 1 is 1.37 bits per heavy atom. The fraction of sp³-hybridized carbons (Fsp3) is 0.154. The average molecular weight is 273 g/mol. The molecule has 3 aromatic rings. The van der Waals surface area contributed by atoms with Gasteiger partial charge in [0.05, 0.1) is 16.0 Å². The molecule has 19 heavy (non-hydrogen) atoms. The summed E-state index contributed by atoms with van der Waals surface area (Å²) < 4.78 is 0. The first-order valence-corrected chi connectivity index (χ1v) is 6.52. The van der Waals surface area contributed by atoms with E-state index in [1.807, 2.05) is 0 Å². The van der Waals surface area contributed by atoms with Crippen LogP contribution in [0.15, 0.2) is 18.3 Å². The van der Waals surface area contributed by atoms with Crippen LogP contribution >= 0.6 is 11.3 Å². The number of aryl methyl sites for hydroxylation is 2. The standard InChI is InChI=1S/C13H11N3O2S/c1-6-3-10(19-7(6)2)12-15-9-4-8(13(17)18)5-14-11(9)16-12/h3-5H,1-2H3,(H,17,18)(H,14,15,16). The summed E-state index contributed by atoms with van der Waals surface area (Å²) in [4.78, 5) is 24.7. The quantitative estimate of drug-likeness (QED) is 0.752. The monoisotopic (exact) mass is 273 g/mol. The summed E-state index contributed by atoms with van der Waals surface area (Å²) in [5.74, 6) is -0.264. The Kier molecular flexibility index (Phi) is 2.60. The molecular formula is C13H11N3O2S. The van der Waals surface area contributed by atoms with Crippen molar-refractivity contribution in [1.29, 1.82) is 0 Å². The molecule has 0 spiro atoms. The zero-order valence-corrected chi connectivity index (χ0v) is 11.2. The van der Waals surface area contributed by atoms with E-state index in [2.05, 4.69) is 34.9 Å². The van der Waals surface area contributed by atoms with Crippen molar-refractivity contribution in [2.45, 2.75) is 13.8 Å². The van der Waals surface area contributed by atoms with Crippen LogP contribution in [-0.4, -0.2) is 26.0 Å². The van der Waals surface area contributed by atoms with E-state index in [1.165, 1.54) is 16.6 Å². The van der Waals surface area contributed by atoms with Crippen molar-refractivity contribution >= 4 is 28.5 Å². The number of nitrogens with one attached hydrogen (secondary N) is 1. The summed E-state index contributed by atoms with van der Waals surface area (Å²) in [6.45, 7) is 4.12. The highest BCUT2D eigenvalue weighted by Gasteiger charge is 2.12. The van der Waals surface area contributed by atoms with Gasteiger partial charge >= 0.3 is 5.97 Å². The number of carbonyl (C=O) groups is 1. The number of H-pyrrole nitrogens is 1. The van der Waals surface area contributed by atoms with Crippen molar-refractivity contribution < 1.29 is 9.90 Å². The molecule has 0 fully saturated rings. The highest BCUT2D eigenvalue weighted by molar-refractivity contribution is 7.15. The van der Waals surface area contributed by atoms with Gasteiger partial charge in [-0.15, -0.1) is 11.3 Å². The van der Waals surface area contributed by atoms with Gasteiger partial charge in [-0.05, 0) is 31.5 Å². The molecule has 0 saturated heterocycles. The Hall–Kier alpha value is -2.21. The van der Waals surface area contributed by atoms with E-state index in [0.29, 0.717) is 11.2 Å². The maximum absolute atomic E-state index is 10.9. The Morgan fingerprint density at radius 3 is 2.79 bits per heavy atom. The minimum absolute atomic E-state index is 0.154. The molecule has 3 heterocycles. The van der Waals surface area contributed by atoms with Gasteiger partial charge in [0.2, 0.25) is 0 Å². The number of pyridine rings is 1. The number of aromatic carboxylic acids is 1. The van der Waals surface area contributed by atoms with Gasteiger partial charge in [-0.1, -0.05) is 0 Å². The Morgan fingerprint density at radius 2 is 2.16 bits per heavy atom. The molecule has 2 N–H and O–H groups in total. The van der Waals surface area contributed by atoms with E-state index in [4.69, 9.17) is 5.11 Å². The van der Waals surface area contributed by atoms with Crippen molar-refractivity contribution in [3.8, 4) is 10.7 Å². The van der Waals surface area contributed by atoms with Crippen LogP contribution in [0.25, 0.3) is 21.9 Å². The van der Waals surface area contributed by atoms with E-state index in [1.54, 1.807) is 17.4 Å². The lowest BCUT2D eigenvalue weighted by atomic mass is 10.3. The topological polar surface area (TPSA) is 78.9 Å². The minimum atomic E-state index is -0.992. The summed E-state index contributed by atoms with van der Waals surface area (Å²) in [5.41, 5.74) is 2.54. The molecule has 5 nitrogen and oxygen atoms in total. The molecule has 0 radical (unpaired) electrons. The van der Waals surface area contributed by atoms with E-state index in [-0.39, 0.29) is 5.56 Å². The van der Waals surface area contributed by atoms with Crippen molar-refractivity contribution in [2.24, 2.45) is 0 Å². The molecule has 0 aliphatic heterocycles. The summed E-state index contributed by atoms with van der Waals surface area (Å²) in [6, 6.07) is 3.62. The van der Waals surface area contributed by atoms with Crippen LogP contribution in [0.1, 0.15) is 20.8 Å². The lowest BCUT2D eigenvalue weighted by Crippen LogP contribution is -1.96. The summed E-state index contributed by atoms with van der Waals surface area (Å²) in [6.07, 6.45) is 1.32.